The fourth-order valence-electron chi connectivity index (χ4n) is 7.15. The number of aromatic nitrogens is 1. The number of nitrogens with zero attached hydrogens (tertiary/aromatic N) is 2. The van der Waals surface area contributed by atoms with Crippen molar-refractivity contribution in [2.24, 2.45) is 0 Å². The first-order chi connectivity index (χ1) is 23.5. The summed E-state index contributed by atoms with van der Waals surface area (Å²) in [6.07, 6.45) is 1.33. The normalized spacial score (nSPS) is 13.5. The van der Waals surface area contributed by atoms with Gasteiger partial charge in [0.05, 0.1) is 32.4 Å². The van der Waals surface area contributed by atoms with Gasteiger partial charge in [-0.2, -0.15) is 0 Å². The fraction of sp³-hybridized carbons (Fsp3) is 0.357. The smallest absolute Gasteiger partial charge is 0.262 e. The Labute approximate surface area is 302 Å². The predicted molar refractivity (Wildman–Crippen MR) is 212 cm³/mol. The van der Waals surface area contributed by atoms with Crippen molar-refractivity contribution in [3.63, 3.8) is 0 Å². The van der Waals surface area contributed by atoms with Crippen molar-refractivity contribution in [2.75, 3.05) is 17.2 Å². The van der Waals surface area contributed by atoms with E-state index < -0.39 is 0 Å². The average molecular weight is 736 g/mol. The van der Waals surface area contributed by atoms with E-state index in [-0.39, 0.29) is 34.7 Å². The highest BCUT2D eigenvalue weighted by molar-refractivity contribution is 9.10. The highest BCUT2D eigenvalue weighted by Crippen LogP contribution is 2.48. The highest BCUT2D eigenvalue weighted by Gasteiger charge is 2.39. The van der Waals surface area contributed by atoms with Crippen molar-refractivity contribution in [1.82, 2.24) is 9.47 Å². The number of amides is 2. The summed E-state index contributed by atoms with van der Waals surface area (Å²) in [6, 6.07) is 16.4. The molecule has 0 aliphatic carbocycles. The maximum absolute atomic E-state index is 14.8. The number of carbonyl (C=O) groups excluding carboxylic acids is 2. The van der Waals surface area contributed by atoms with Gasteiger partial charge in [0, 0.05) is 46.0 Å². The molecule has 1 aliphatic heterocycles. The van der Waals surface area contributed by atoms with E-state index in [2.05, 4.69) is 99.0 Å². The Morgan fingerprint density at radius 2 is 1.22 bits per heavy atom. The van der Waals surface area contributed by atoms with Gasteiger partial charge >= 0.3 is 0 Å². The molecule has 5 aromatic rings. The van der Waals surface area contributed by atoms with Crippen molar-refractivity contribution in [1.29, 1.82) is 0 Å². The number of carbonyl (C=O) groups is 2. The zero-order valence-corrected chi connectivity index (χ0v) is 32.2. The number of imide groups is 1. The lowest BCUT2D eigenvalue weighted by Gasteiger charge is -2.32. The molecule has 0 radical (unpaired) electrons. The van der Waals surface area contributed by atoms with Gasteiger partial charge in [0.25, 0.3) is 17.4 Å². The van der Waals surface area contributed by atoms with E-state index in [1.165, 1.54) is 4.90 Å². The Balaban J connectivity index is 1.80. The van der Waals surface area contributed by atoms with Crippen LogP contribution in [0.5, 0.6) is 0 Å². The lowest BCUT2D eigenvalue weighted by atomic mass is 9.84. The van der Waals surface area contributed by atoms with Crippen LogP contribution in [0.3, 0.4) is 0 Å². The minimum absolute atomic E-state index is 0.0828. The minimum atomic E-state index is -0.382. The largest absolute Gasteiger partial charge is 0.355 e. The Morgan fingerprint density at radius 3 is 1.74 bits per heavy atom. The molecule has 8 heteroatoms. The molecule has 0 unspecified atom stereocenters. The van der Waals surface area contributed by atoms with Crippen LogP contribution >= 0.6 is 15.9 Å². The third kappa shape index (κ3) is 5.71. The van der Waals surface area contributed by atoms with Crippen LogP contribution in [0.4, 0.5) is 22.7 Å². The van der Waals surface area contributed by atoms with Gasteiger partial charge in [-0.1, -0.05) is 86.2 Å². The molecular weight excluding hydrogens is 688 g/mol. The van der Waals surface area contributed by atoms with Crippen LogP contribution in [-0.2, 0) is 17.4 Å². The molecule has 1 aliphatic rings. The summed E-state index contributed by atoms with van der Waals surface area (Å²) in [4.78, 5) is 44.9. The Kier molecular flexibility index (Phi) is 9.00. The van der Waals surface area contributed by atoms with E-state index in [9.17, 15) is 14.4 Å². The minimum Gasteiger partial charge on any atom is -0.355 e. The van der Waals surface area contributed by atoms with E-state index in [0.29, 0.717) is 67.0 Å². The molecule has 1 aromatic heterocycles. The van der Waals surface area contributed by atoms with Crippen molar-refractivity contribution < 1.29 is 9.59 Å². The quantitative estimate of drug-likeness (QED) is 0.155. The molecule has 2 amide bonds. The zero-order chi connectivity index (χ0) is 36.4. The second-order valence-electron chi connectivity index (χ2n) is 15.5. The number of benzene rings is 4. The van der Waals surface area contributed by atoms with Crippen molar-refractivity contribution in [3.05, 3.63) is 96.5 Å². The summed E-state index contributed by atoms with van der Waals surface area (Å²) in [6.45, 7) is 24.1. The molecular formula is C42H47BrN4O3. The number of hydrogen-bond donors (Lipinski definition) is 2. The van der Waals surface area contributed by atoms with E-state index >= 15 is 0 Å². The van der Waals surface area contributed by atoms with Crippen molar-refractivity contribution in [3.8, 4) is 0 Å². The second-order valence-corrected chi connectivity index (χ2v) is 16.3. The van der Waals surface area contributed by atoms with Gasteiger partial charge in [-0.3, -0.25) is 19.3 Å². The SMILES string of the molecule is C=c1c2c(Nc3cccc(C(C)(C)C)c3)c(C)c3c4c(c(Br)c(Nc5cccc(C(C)(C)C)c5)c(c(=O)n1CCC)c42)C(=O)N(CCC)C3=O. The summed E-state index contributed by atoms with van der Waals surface area (Å²) < 4.78 is 2.19. The van der Waals surface area contributed by atoms with Crippen LogP contribution in [0.1, 0.15) is 106 Å². The molecule has 0 saturated heterocycles. The monoisotopic (exact) mass is 734 g/mol. The van der Waals surface area contributed by atoms with E-state index in [4.69, 9.17) is 0 Å². The molecule has 50 heavy (non-hydrogen) atoms. The van der Waals surface area contributed by atoms with E-state index in [1.807, 2.05) is 45.0 Å². The summed E-state index contributed by atoms with van der Waals surface area (Å²) in [5.74, 6) is -0.738. The van der Waals surface area contributed by atoms with Gasteiger partial charge in [-0.25, -0.2) is 0 Å². The van der Waals surface area contributed by atoms with Crippen LogP contribution in [0.25, 0.3) is 28.1 Å². The Bertz CT molecular complexity index is 2170. The van der Waals surface area contributed by atoms with E-state index in [0.717, 1.165) is 34.3 Å². The van der Waals surface area contributed by atoms with Gasteiger partial charge in [0.1, 0.15) is 0 Å². The third-order valence-electron chi connectivity index (χ3n) is 9.82. The predicted octanol–water partition coefficient (Wildman–Crippen LogP) is 9.85. The molecule has 2 N–H and O–H groups in total. The van der Waals surface area contributed by atoms with Gasteiger partial charge in [-0.05, 0) is 87.5 Å². The molecule has 0 spiro atoms. The second kappa shape index (κ2) is 12.7. The molecule has 6 rings (SSSR count). The van der Waals surface area contributed by atoms with E-state index in [1.54, 1.807) is 4.57 Å². The summed E-state index contributed by atoms with van der Waals surface area (Å²) >= 11 is 3.82. The van der Waals surface area contributed by atoms with Crippen LogP contribution < -0.4 is 21.5 Å². The Hall–Kier alpha value is -4.43. The maximum Gasteiger partial charge on any atom is 0.262 e. The van der Waals surface area contributed by atoms with Crippen molar-refractivity contribution in [2.45, 2.75) is 92.5 Å². The lowest BCUT2D eigenvalue weighted by molar-refractivity contribution is 0.0610. The number of anilines is 4. The topological polar surface area (TPSA) is 83.4 Å². The number of hydrogen-bond acceptors (Lipinski definition) is 5. The maximum atomic E-state index is 14.8. The first-order valence-electron chi connectivity index (χ1n) is 17.5. The number of nitrogens with one attached hydrogen (secondary N) is 2. The van der Waals surface area contributed by atoms with Gasteiger partial charge in [0.2, 0.25) is 0 Å². The molecule has 0 fully saturated rings. The fourth-order valence-corrected chi connectivity index (χ4v) is 7.81. The van der Waals surface area contributed by atoms with Crippen molar-refractivity contribution >= 4 is 78.6 Å². The molecule has 0 atom stereocenters. The van der Waals surface area contributed by atoms with Gasteiger partial charge < -0.3 is 15.2 Å². The van der Waals surface area contributed by atoms with Gasteiger partial charge in [-0.15, -0.1) is 0 Å². The standard InChI is InChI=1S/C42H47BrN4O3/c1-11-19-46-24(4)30-32-31-29(23(3)36(30)44-27-17-13-15-25(21-27)41(5,6)7)38(48)47(20-12-2)39(49)33(31)35(43)37(34(32)40(46)50)45-28-18-14-16-26(22-28)42(8,9)10/h13-18,21-22,44-45H,4,11-12,19-20H2,1-3,5-10H3. The van der Waals surface area contributed by atoms with Crippen LogP contribution in [0, 0.1) is 6.92 Å². The third-order valence-corrected chi connectivity index (χ3v) is 10.6. The molecule has 0 bridgehead atoms. The number of halogens is 1. The zero-order valence-electron chi connectivity index (χ0n) is 30.7. The molecule has 260 valence electrons. The van der Waals surface area contributed by atoms with Crippen LogP contribution in [-0.4, -0.2) is 27.8 Å². The summed E-state index contributed by atoms with van der Waals surface area (Å²) in [5.41, 5.74) is 6.21. The molecule has 7 nitrogen and oxygen atoms in total. The Morgan fingerprint density at radius 1 is 0.700 bits per heavy atom. The number of pyridine rings is 1. The van der Waals surface area contributed by atoms with Gasteiger partial charge in [0.15, 0.2) is 0 Å². The first kappa shape index (κ1) is 35.4. The molecule has 2 heterocycles. The molecule has 0 saturated carbocycles. The highest BCUT2D eigenvalue weighted by atomic mass is 79.9. The lowest BCUT2D eigenvalue weighted by Crippen LogP contribution is -2.42. The first-order valence-corrected chi connectivity index (χ1v) is 18.3. The summed E-state index contributed by atoms with van der Waals surface area (Å²) in [5, 5.41) is 9.98. The van der Waals surface area contributed by atoms with Crippen LogP contribution in [0.2, 0.25) is 0 Å². The average Bonchev–Trinajstić information content (AvgIpc) is 3.05. The summed E-state index contributed by atoms with van der Waals surface area (Å²) in [7, 11) is 0. The number of rotatable bonds is 8. The molecule has 4 aromatic carbocycles. The van der Waals surface area contributed by atoms with Crippen LogP contribution in [0.15, 0.2) is 57.8 Å².